The Labute approximate surface area is 170 Å². The lowest BCUT2D eigenvalue weighted by atomic mass is 9.86. The Balaban J connectivity index is 1.88. The molecule has 0 spiro atoms. The summed E-state index contributed by atoms with van der Waals surface area (Å²) in [5.74, 6) is -2.33. The standard InChI is InChI=1S/C23H26N2O4/c1-23(2,3)17-10-6-7-11-18(17)24-20(26)21(27)25-14-16(22(28)29-4)13-15-9-5-8-12-19(15)25/h5-12,16H,13-14H2,1-4H3,(H,24,26). The zero-order valence-electron chi connectivity index (χ0n) is 17.2. The van der Waals surface area contributed by atoms with Gasteiger partial charge in [0.05, 0.1) is 13.0 Å². The van der Waals surface area contributed by atoms with Crippen molar-refractivity contribution in [3.8, 4) is 0 Å². The maximum Gasteiger partial charge on any atom is 0.316 e. The molecule has 1 aliphatic rings. The van der Waals surface area contributed by atoms with E-state index in [1.807, 2.05) is 57.2 Å². The number of anilines is 2. The molecular weight excluding hydrogens is 368 g/mol. The van der Waals surface area contributed by atoms with Crippen LogP contribution in [0.1, 0.15) is 31.9 Å². The number of rotatable bonds is 2. The van der Waals surface area contributed by atoms with Gasteiger partial charge in [-0.15, -0.1) is 0 Å². The molecule has 2 amide bonds. The Kier molecular flexibility index (Phi) is 5.73. The Morgan fingerprint density at radius 1 is 1.03 bits per heavy atom. The monoisotopic (exact) mass is 394 g/mol. The summed E-state index contributed by atoms with van der Waals surface area (Å²) in [6, 6.07) is 14.7. The molecule has 0 radical (unpaired) electrons. The van der Waals surface area contributed by atoms with Crippen molar-refractivity contribution in [1.29, 1.82) is 0 Å². The maximum absolute atomic E-state index is 13.0. The molecule has 1 unspecified atom stereocenters. The van der Waals surface area contributed by atoms with Gasteiger partial charge in [-0.25, -0.2) is 0 Å². The molecule has 2 aromatic carbocycles. The molecule has 2 aromatic rings. The number of ether oxygens (including phenoxy) is 1. The van der Waals surface area contributed by atoms with Crippen LogP contribution in [0.5, 0.6) is 0 Å². The third-order valence-electron chi connectivity index (χ3n) is 5.11. The van der Waals surface area contributed by atoms with Gasteiger partial charge in [0.25, 0.3) is 0 Å². The fraction of sp³-hybridized carbons (Fsp3) is 0.348. The minimum Gasteiger partial charge on any atom is -0.469 e. The molecule has 6 heteroatoms. The molecule has 152 valence electrons. The highest BCUT2D eigenvalue weighted by Crippen LogP contribution is 2.32. The summed E-state index contributed by atoms with van der Waals surface area (Å²) in [4.78, 5) is 39.3. The third kappa shape index (κ3) is 4.31. The van der Waals surface area contributed by atoms with E-state index in [1.165, 1.54) is 12.0 Å². The Bertz CT molecular complexity index is 946. The molecule has 0 saturated carbocycles. The lowest BCUT2D eigenvalue weighted by Gasteiger charge is -2.33. The van der Waals surface area contributed by atoms with Gasteiger partial charge < -0.3 is 15.0 Å². The van der Waals surface area contributed by atoms with E-state index in [2.05, 4.69) is 5.32 Å². The van der Waals surface area contributed by atoms with Gasteiger partial charge in [-0.2, -0.15) is 0 Å². The maximum atomic E-state index is 13.0. The van der Waals surface area contributed by atoms with Gasteiger partial charge in [0.2, 0.25) is 0 Å². The minimum atomic E-state index is -0.734. The molecule has 1 aliphatic heterocycles. The largest absolute Gasteiger partial charge is 0.469 e. The molecule has 0 saturated heterocycles. The second kappa shape index (κ2) is 8.07. The van der Waals surface area contributed by atoms with Gasteiger partial charge in [-0.1, -0.05) is 57.2 Å². The van der Waals surface area contributed by atoms with Crippen LogP contribution in [-0.2, 0) is 31.0 Å². The first-order chi connectivity index (χ1) is 13.7. The summed E-state index contributed by atoms with van der Waals surface area (Å²) < 4.78 is 4.86. The van der Waals surface area contributed by atoms with Crippen molar-refractivity contribution in [2.75, 3.05) is 23.9 Å². The number of amides is 2. The van der Waals surface area contributed by atoms with Crippen LogP contribution in [0.4, 0.5) is 11.4 Å². The number of benzene rings is 2. The van der Waals surface area contributed by atoms with Crippen molar-refractivity contribution in [2.24, 2.45) is 5.92 Å². The van der Waals surface area contributed by atoms with E-state index in [9.17, 15) is 14.4 Å². The quantitative estimate of drug-likeness (QED) is 0.626. The fourth-order valence-corrected chi connectivity index (χ4v) is 3.66. The molecule has 0 aliphatic carbocycles. The van der Waals surface area contributed by atoms with Crippen LogP contribution in [0.3, 0.4) is 0 Å². The van der Waals surface area contributed by atoms with Crippen molar-refractivity contribution in [3.05, 3.63) is 59.7 Å². The SMILES string of the molecule is COC(=O)C1Cc2ccccc2N(C(=O)C(=O)Nc2ccccc2C(C)(C)C)C1. The van der Waals surface area contributed by atoms with Gasteiger partial charge in [-0.05, 0) is 35.1 Å². The van der Waals surface area contributed by atoms with Gasteiger partial charge in [0, 0.05) is 17.9 Å². The smallest absolute Gasteiger partial charge is 0.316 e. The lowest BCUT2D eigenvalue weighted by Crippen LogP contribution is -2.47. The highest BCUT2D eigenvalue weighted by Gasteiger charge is 2.35. The number of esters is 1. The summed E-state index contributed by atoms with van der Waals surface area (Å²) >= 11 is 0. The van der Waals surface area contributed by atoms with Gasteiger partial charge in [-0.3, -0.25) is 14.4 Å². The van der Waals surface area contributed by atoms with E-state index in [-0.39, 0.29) is 12.0 Å². The van der Waals surface area contributed by atoms with Crippen molar-refractivity contribution in [2.45, 2.75) is 32.6 Å². The second-order valence-electron chi connectivity index (χ2n) is 8.22. The summed E-state index contributed by atoms with van der Waals surface area (Å²) in [6.07, 6.45) is 0.473. The van der Waals surface area contributed by atoms with E-state index < -0.39 is 23.7 Å². The zero-order valence-corrected chi connectivity index (χ0v) is 17.2. The third-order valence-corrected chi connectivity index (χ3v) is 5.11. The number of nitrogens with zero attached hydrogens (tertiary/aromatic N) is 1. The highest BCUT2D eigenvalue weighted by atomic mass is 16.5. The van der Waals surface area contributed by atoms with Crippen LogP contribution in [0, 0.1) is 5.92 Å². The zero-order chi connectivity index (χ0) is 21.2. The first-order valence-corrected chi connectivity index (χ1v) is 9.60. The summed E-state index contributed by atoms with van der Waals surface area (Å²) in [6.45, 7) is 6.24. The number of hydrogen-bond acceptors (Lipinski definition) is 4. The van der Waals surface area contributed by atoms with Crippen LogP contribution in [-0.4, -0.2) is 31.4 Å². The number of hydrogen-bond donors (Lipinski definition) is 1. The first kappa shape index (κ1) is 20.6. The van der Waals surface area contributed by atoms with E-state index in [4.69, 9.17) is 4.74 Å². The van der Waals surface area contributed by atoms with Crippen molar-refractivity contribution >= 4 is 29.2 Å². The Hall–Kier alpha value is -3.15. The topological polar surface area (TPSA) is 75.7 Å². The second-order valence-corrected chi connectivity index (χ2v) is 8.22. The van der Waals surface area contributed by atoms with E-state index in [0.717, 1.165) is 11.1 Å². The molecule has 1 N–H and O–H groups in total. The fourth-order valence-electron chi connectivity index (χ4n) is 3.66. The summed E-state index contributed by atoms with van der Waals surface area (Å²) in [7, 11) is 1.32. The number of carbonyl (C=O) groups is 3. The van der Waals surface area contributed by atoms with Gasteiger partial charge in [0.15, 0.2) is 0 Å². The minimum absolute atomic E-state index is 0.108. The van der Waals surface area contributed by atoms with E-state index in [1.54, 1.807) is 12.1 Å². The molecule has 0 fully saturated rings. The van der Waals surface area contributed by atoms with Crippen LogP contribution in [0.25, 0.3) is 0 Å². The average molecular weight is 394 g/mol. The van der Waals surface area contributed by atoms with Crippen LogP contribution in [0.2, 0.25) is 0 Å². The van der Waals surface area contributed by atoms with E-state index >= 15 is 0 Å². The van der Waals surface area contributed by atoms with E-state index in [0.29, 0.717) is 17.8 Å². The first-order valence-electron chi connectivity index (χ1n) is 9.60. The number of para-hydroxylation sites is 2. The molecular formula is C23H26N2O4. The van der Waals surface area contributed by atoms with Crippen molar-refractivity contribution in [1.82, 2.24) is 0 Å². The Morgan fingerprint density at radius 2 is 1.69 bits per heavy atom. The molecule has 1 heterocycles. The lowest BCUT2D eigenvalue weighted by molar-refractivity contribution is -0.145. The van der Waals surface area contributed by atoms with Gasteiger partial charge in [0.1, 0.15) is 0 Å². The van der Waals surface area contributed by atoms with Crippen molar-refractivity contribution in [3.63, 3.8) is 0 Å². The van der Waals surface area contributed by atoms with Gasteiger partial charge >= 0.3 is 17.8 Å². The van der Waals surface area contributed by atoms with Crippen molar-refractivity contribution < 1.29 is 19.1 Å². The van der Waals surface area contributed by atoms with Crippen LogP contribution < -0.4 is 10.2 Å². The number of methoxy groups -OCH3 is 1. The summed E-state index contributed by atoms with van der Waals surface area (Å²) in [5.41, 5.74) is 2.84. The number of nitrogens with one attached hydrogen (secondary N) is 1. The summed E-state index contributed by atoms with van der Waals surface area (Å²) in [5, 5.41) is 2.76. The molecule has 29 heavy (non-hydrogen) atoms. The highest BCUT2D eigenvalue weighted by molar-refractivity contribution is 6.44. The molecule has 3 rings (SSSR count). The normalized spacial score (nSPS) is 16.0. The van der Waals surface area contributed by atoms with Crippen LogP contribution in [0.15, 0.2) is 48.5 Å². The number of fused-ring (bicyclic) bond motifs is 1. The predicted molar refractivity (Wildman–Crippen MR) is 112 cm³/mol. The molecule has 6 nitrogen and oxygen atoms in total. The van der Waals surface area contributed by atoms with Crippen LogP contribution >= 0.6 is 0 Å². The molecule has 0 aromatic heterocycles. The number of carbonyl (C=O) groups excluding carboxylic acids is 3. The molecule has 0 bridgehead atoms. The Morgan fingerprint density at radius 3 is 2.38 bits per heavy atom. The predicted octanol–water partition coefficient (Wildman–Crippen LogP) is 3.30. The average Bonchev–Trinajstić information content (AvgIpc) is 2.71. The molecule has 1 atom stereocenters.